The van der Waals surface area contributed by atoms with Gasteiger partial charge in [-0.1, -0.05) is 0 Å². The Morgan fingerprint density at radius 3 is 1.00 bits per heavy atom. The van der Waals surface area contributed by atoms with Crippen LogP contribution in [0.2, 0.25) is 0 Å². The molecule has 39 valence electrons. The maximum absolute atomic E-state index is 0. The average Bonchev–Trinajstić information content (AvgIpc) is 0. The zero-order valence-corrected chi connectivity index (χ0v) is 6.20. The SMILES string of the molecule is O.[Cu].[Pd].[Pt]. The fourth-order valence-corrected chi connectivity index (χ4v) is 0. The summed E-state index contributed by atoms with van der Waals surface area (Å²) in [5.41, 5.74) is 0. The van der Waals surface area contributed by atoms with Crippen molar-refractivity contribution in [3.8, 4) is 0 Å². The topological polar surface area (TPSA) is 31.5 Å². The van der Waals surface area contributed by atoms with Gasteiger partial charge in [0.25, 0.3) is 0 Å². The number of hydrogen-bond donors (Lipinski definition) is 0. The largest absolute Gasteiger partial charge is 0.412 e. The van der Waals surface area contributed by atoms with Gasteiger partial charge in [-0.15, -0.1) is 0 Å². The third kappa shape index (κ3) is 9.16. The summed E-state index contributed by atoms with van der Waals surface area (Å²) < 4.78 is 0. The molecule has 0 fully saturated rings. The van der Waals surface area contributed by atoms with Crippen molar-refractivity contribution in [1.82, 2.24) is 0 Å². The first-order valence-electron chi connectivity index (χ1n) is 0. The minimum atomic E-state index is 0. The minimum Gasteiger partial charge on any atom is -0.412 e. The van der Waals surface area contributed by atoms with Gasteiger partial charge in [-0.05, 0) is 0 Å². The molecule has 0 aromatic carbocycles. The predicted molar refractivity (Wildman–Crippen MR) is 3.61 cm³/mol. The molecule has 0 aliphatic rings. The summed E-state index contributed by atoms with van der Waals surface area (Å²) in [4.78, 5) is 0. The van der Waals surface area contributed by atoms with Crippen LogP contribution in [0.4, 0.5) is 0 Å². The molecule has 2 N–H and O–H groups in total. The van der Waals surface area contributed by atoms with Crippen LogP contribution in [0.25, 0.3) is 0 Å². The van der Waals surface area contributed by atoms with E-state index in [1.807, 2.05) is 0 Å². The quantitative estimate of drug-likeness (QED) is 0.490. The second-order valence-corrected chi connectivity index (χ2v) is 0. The van der Waals surface area contributed by atoms with Crippen molar-refractivity contribution in [2.24, 2.45) is 0 Å². The van der Waals surface area contributed by atoms with Gasteiger partial charge in [-0.2, -0.15) is 0 Å². The first kappa shape index (κ1) is 40.6. The Labute approximate surface area is 63.6 Å². The molecule has 0 aliphatic carbocycles. The molecule has 0 bridgehead atoms. The van der Waals surface area contributed by atoms with Crippen LogP contribution in [0.5, 0.6) is 0 Å². The van der Waals surface area contributed by atoms with Crippen LogP contribution >= 0.6 is 0 Å². The molecule has 0 heterocycles. The van der Waals surface area contributed by atoms with Gasteiger partial charge < -0.3 is 5.48 Å². The Morgan fingerprint density at radius 1 is 1.00 bits per heavy atom. The van der Waals surface area contributed by atoms with Crippen molar-refractivity contribution >= 4 is 0 Å². The van der Waals surface area contributed by atoms with E-state index in [9.17, 15) is 0 Å². The molecule has 0 aromatic heterocycles. The molecule has 0 aliphatic heterocycles. The fourth-order valence-electron chi connectivity index (χ4n) is 0. The summed E-state index contributed by atoms with van der Waals surface area (Å²) in [5.74, 6) is 0. The monoisotopic (exact) mass is 382 g/mol. The third-order valence-electron chi connectivity index (χ3n) is 0. The summed E-state index contributed by atoms with van der Waals surface area (Å²) in [6.45, 7) is 0. The van der Waals surface area contributed by atoms with E-state index in [4.69, 9.17) is 0 Å². The molecule has 4 heavy (non-hydrogen) atoms. The molecule has 0 rings (SSSR count). The van der Waals surface area contributed by atoms with Gasteiger partial charge in [0.2, 0.25) is 0 Å². The molecule has 0 saturated heterocycles. The summed E-state index contributed by atoms with van der Waals surface area (Å²) in [6.07, 6.45) is 0. The molecule has 0 unspecified atom stereocenters. The van der Waals surface area contributed by atoms with Crippen molar-refractivity contribution in [2.75, 3.05) is 0 Å². The molecule has 0 amide bonds. The zero-order valence-electron chi connectivity index (χ0n) is 1.43. The number of hydrogen-bond acceptors (Lipinski definition) is 0. The summed E-state index contributed by atoms with van der Waals surface area (Å²) in [5, 5.41) is 0. The van der Waals surface area contributed by atoms with E-state index >= 15 is 0 Å². The standard InChI is InChI=1S/Cu.H2O.Pd.Pt/h;1H2;;. The van der Waals surface area contributed by atoms with Crippen LogP contribution in [0, 0.1) is 0 Å². The van der Waals surface area contributed by atoms with Crippen LogP contribution < -0.4 is 0 Å². The van der Waals surface area contributed by atoms with Crippen molar-refractivity contribution in [3.05, 3.63) is 0 Å². The van der Waals surface area contributed by atoms with Crippen LogP contribution in [-0.4, -0.2) is 5.48 Å². The summed E-state index contributed by atoms with van der Waals surface area (Å²) in [7, 11) is 0. The molecule has 0 saturated carbocycles. The van der Waals surface area contributed by atoms with Crippen LogP contribution in [0.15, 0.2) is 0 Å². The molecule has 1 radical (unpaired) electrons. The minimum absolute atomic E-state index is 0. The maximum Gasteiger partial charge on any atom is 0 e. The average molecular weight is 383 g/mol. The third-order valence-corrected chi connectivity index (χ3v) is 0. The van der Waals surface area contributed by atoms with Gasteiger partial charge >= 0.3 is 0 Å². The van der Waals surface area contributed by atoms with Crippen molar-refractivity contribution in [1.29, 1.82) is 0 Å². The van der Waals surface area contributed by atoms with E-state index in [-0.39, 0.29) is 64.0 Å². The Kier molecular flexibility index (Phi) is 215. The molecular formula is H2CuOPdPt. The maximum atomic E-state index is 0. The smallest absolute Gasteiger partial charge is 0 e. The fraction of sp³-hybridized carbons (Fsp3) is 0. The molecule has 0 atom stereocenters. The molecule has 1 nitrogen and oxygen atoms in total. The zero-order chi connectivity index (χ0) is 0. The Bertz CT molecular complexity index is 8.00. The van der Waals surface area contributed by atoms with E-state index in [2.05, 4.69) is 0 Å². The molecular weight excluding hydrogens is 381 g/mol. The van der Waals surface area contributed by atoms with Gasteiger partial charge in [0.1, 0.15) is 0 Å². The summed E-state index contributed by atoms with van der Waals surface area (Å²) >= 11 is 0. The van der Waals surface area contributed by atoms with E-state index in [1.165, 1.54) is 0 Å². The van der Waals surface area contributed by atoms with Crippen molar-refractivity contribution in [3.63, 3.8) is 0 Å². The number of rotatable bonds is 0. The van der Waals surface area contributed by atoms with Gasteiger partial charge in [0.15, 0.2) is 0 Å². The Balaban J connectivity index is 0. The van der Waals surface area contributed by atoms with Gasteiger partial charge in [-0.25, -0.2) is 0 Å². The second kappa shape index (κ2) is 21.2. The normalized spacial score (nSPS) is 0. The van der Waals surface area contributed by atoms with Crippen LogP contribution in [0.1, 0.15) is 0 Å². The Hall–Kier alpha value is 1.83. The second-order valence-electron chi connectivity index (χ2n) is 0. The van der Waals surface area contributed by atoms with Crippen molar-refractivity contribution < 1.29 is 64.0 Å². The van der Waals surface area contributed by atoms with Crippen molar-refractivity contribution in [2.45, 2.75) is 0 Å². The van der Waals surface area contributed by atoms with Crippen LogP contribution in [0.3, 0.4) is 0 Å². The van der Waals surface area contributed by atoms with E-state index in [0.717, 1.165) is 0 Å². The predicted octanol–water partition coefficient (Wildman–Crippen LogP) is -0.832. The van der Waals surface area contributed by atoms with Gasteiger partial charge in [0.05, 0.1) is 0 Å². The Morgan fingerprint density at radius 2 is 1.00 bits per heavy atom. The van der Waals surface area contributed by atoms with E-state index < -0.39 is 0 Å². The first-order valence-corrected chi connectivity index (χ1v) is 0. The van der Waals surface area contributed by atoms with Crippen LogP contribution in [-0.2, 0) is 58.6 Å². The molecule has 4 heteroatoms. The summed E-state index contributed by atoms with van der Waals surface area (Å²) in [6, 6.07) is 0. The molecule has 0 spiro atoms. The first-order chi connectivity index (χ1) is 0. The molecule has 0 aromatic rings. The van der Waals surface area contributed by atoms with E-state index in [0.29, 0.717) is 0 Å². The van der Waals surface area contributed by atoms with Gasteiger partial charge in [-0.3, -0.25) is 0 Å². The van der Waals surface area contributed by atoms with Gasteiger partial charge in [0, 0.05) is 58.6 Å². The van der Waals surface area contributed by atoms with E-state index in [1.54, 1.807) is 0 Å².